The zero-order chi connectivity index (χ0) is 32.1. The molecule has 0 bridgehead atoms. The summed E-state index contributed by atoms with van der Waals surface area (Å²) in [6, 6.07) is 13.4. The Balaban J connectivity index is 1.33. The van der Waals surface area contributed by atoms with Crippen LogP contribution in [0.4, 0.5) is 0 Å². The number of Topliss-reactive ketones (excluding diaryl/α,β-unsaturated/α-hetero) is 1. The van der Waals surface area contributed by atoms with Gasteiger partial charge in [-0.1, -0.05) is 42.5 Å². The highest BCUT2D eigenvalue weighted by atomic mass is 16.2. The van der Waals surface area contributed by atoms with Crippen LogP contribution >= 0.6 is 0 Å². The summed E-state index contributed by atoms with van der Waals surface area (Å²) < 4.78 is 0. The minimum Gasteiger partial charge on any atom is -0.363 e. The third kappa shape index (κ3) is 7.31. The van der Waals surface area contributed by atoms with Crippen molar-refractivity contribution in [3.63, 3.8) is 0 Å². The lowest BCUT2D eigenvalue weighted by molar-refractivity contribution is -0.139. The number of rotatable bonds is 10. The van der Waals surface area contributed by atoms with Crippen LogP contribution in [0.1, 0.15) is 48.7 Å². The zero-order valence-corrected chi connectivity index (χ0v) is 24.8. The van der Waals surface area contributed by atoms with Crippen LogP contribution in [0, 0.1) is 5.92 Å². The Bertz CT molecular complexity index is 1640. The lowest BCUT2D eigenvalue weighted by atomic mass is 9.81. The molecule has 2 aromatic carbocycles. The van der Waals surface area contributed by atoms with Gasteiger partial charge in [-0.05, 0) is 43.4 Å². The molecule has 2 unspecified atom stereocenters. The molecule has 1 aromatic heterocycles. The molecule has 0 radical (unpaired) electrons. The van der Waals surface area contributed by atoms with Crippen LogP contribution < -0.4 is 21.7 Å². The summed E-state index contributed by atoms with van der Waals surface area (Å²) in [5, 5.41) is 8.31. The molecule has 13 nitrogen and oxygen atoms in total. The monoisotopic (exact) mass is 613 g/mol. The molecule has 5 N–H and O–H groups in total. The van der Waals surface area contributed by atoms with E-state index in [0.29, 0.717) is 43.4 Å². The van der Waals surface area contributed by atoms with Crippen molar-refractivity contribution in [3.05, 3.63) is 72.1 Å². The predicted octanol–water partition coefficient (Wildman–Crippen LogP) is 0.417. The van der Waals surface area contributed by atoms with E-state index in [0.717, 1.165) is 5.56 Å². The van der Waals surface area contributed by atoms with Gasteiger partial charge in [0.1, 0.15) is 11.7 Å². The van der Waals surface area contributed by atoms with Crippen LogP contribution in [-0.2, 0) is 30.4 Å². The Labute approximate surface area is 259 Å². The Morgan fingerprint density at radius 1 is 0.978 bits per heavy atom. The Kier molecular flexibility index (Phi) is 9.16. The highest BCUT2D eigenvalue weighted by molar-refractivity contribution is 6.38. The number of nitrogens with zero attached hydrogens (tertiary/aromatic N) is 3. The number of amides is 5. The number of hydrogen-bond acceptors (Lipinski definition) is 8. The normalized spacial score (nSPS) is 18.6. The first kappa shape index (κ1) is 31.2. The molecule has 2 saturated heterocycles. The van der Waals surface area contributed by atoms with E-state index < -0.39 is 47.0 Å². The molecule has 2 aliphatic rings. The first-order chi connectivity index (χ1) is 21.5. The van der Waals surface area contributed by atoms with Gasteiger partial charge in [-0.3, -0.25) is 33.8 Å². The van der Waals surface area contributed by atoms with Crippen molar-refractivity contribution in [3.8, 4) is 0 Å². The topological polar surface area (TPSA) is 194 Å². The highest BCUT2D eigenvalue weighted by Gasteiger charge is 2.47. The molecule has 234 valence electrons. The minimum atomic E-state index is -1.39. The maximum atomic E-state index is 13.7. The molecule has 3 atom stereocenters. The molecule has 0 saturated carbocycles. The van der Waals surface area contributed by atoms with E-state index in [4.69, 9.17) is 5.73 Å². The number of carbonyl (C=O) groups excluding carboxylic acids is 6. The van der Waals surface area contributed by atoms with Crippen LogP contribution in [0.3, 0.4) is 0 Å². The minimum absolute atomic E-state index is 0.00642. The van der Waals surface area contributed by atoms with Crippen molar-refractivity contribution in [2.24, 2.45) is 11.7 Å². The highest BCUT2D eigenvalue weighted by Crippen LogP contribution is 2.36. The number of aromatic nitrogens is 2. The van der Waals surface area contributed by atoms with E-state index in [2.05, 4.69) is 25.9 Å². The molecule has 3 aromatic rings. The number of para-hydroxylation sites is 2. The number of likely N-dealkylation sites (tertiary alicyclic amines) is 1. The Hall–Kier alpha value is -5.20. The van der Waals surface area contributed by atoms with Crippen molar-refractivity contribution in [1.82, 2.24) is 30.8 Å². The summed E-state index contributed by atoms with van der Waals surface area (Å²) in [5.41, 5.74) is 6.63. The Morgan fingerprint density at radius 3 is 2.31 bits per heavy atom. The molecular weight excluding hydrogens is 578 g/mol. The molecule has 0 aliphatic carbocycles. The van der Waals surface area contributed by atoms with E-state index in [1.807, 2.05) is 6.07 Å². The van der Waals surface area contributed by atoms with Crippen molar-refractivity contribution < 1.29 is 28.8 Å². The zero-order valence-electron chi connectivity index (χ0n) is 24.8. The smallest absolute Gasteiger partial charge is 0.287 e. The third-order valence-corrected chi connectivity index (χ3v) is 8.54. The molecule has 13 heteroatoms. The van der Waals surface area contributed by atoms with Gasteiger partial charge in [0.05, 0.1) is 23.3 Å². The van der Waals surface area contributed by atoms with Crippen molar-refractivity contribution in [1.29, 1.82) is 0 Å². The summed E-state index contributed by atoms with van der Waals surface area (Å²) in [7, 11) is 0. The molecule has 5 amide bonds. The standard InChI is InChI=1S/C32H35N7O6/c1-19(40)39-13-11-32(12-14-39)17-21(29(43)38-32)16-24(27(41)28(33)42)36-30(44)25(15-20-7-3-2-4-8-20)37-31(45)26-18-34-22-9-5-6-10-23(22)35-26/h2-10,18,21,24-25H,11-17H2,1H3,(H2,33,42)(H,36,44)(H,37,45)(H,38,43)/t21?,24?,25-/m1/s1. The van der Waals surface area contributed by atoms with Gasteiger partial charge in [0, 0.05) is 37.9 Å². The van der Waals surface area contributed by atoms with Crippen molar-refractivity contribution in [2.45, 2.75) is 56.7 Å². The maximum Gasteiger partial charge on any atom is 0.287 e. The number of fused-ring (bicyclic) bond motifs is 1. The van der Waals surface area contributed by atoms with Gasteiger partial charge in [0.15, 0.2) is 0 Å². The van der Waals surface area contributed by atoms with Crippen LogP contribution in [0.2, 0.25) is 0 Å². The maximum absolute atomic E-state index is 13.7. The van der Waals surface area contributed by atoms with Crippen molar-refractivity contribution in [2.75, 3.05) is 13.1 Å². The largest absolute Gasteiger partial charge is 0.363 e. The first-order valence-electron chi connectivity index (χ1n) is 14.8. The fourth-order valence-electron chi connectivity index (χ4n) is 6.07. The van der Waals surface area contributed by atoms with Gasteiger partial charge < -0.3 is 26.6 Å². The molecule has 2 aliphatic heterocycles. The number of piperidine rings is 1. The van der Waals surface area contributed by atoms with Crippen LogP contribution in [0.25, 0.3) is 11.0 Å². The van der Waals surface area contributed by atoms with Crippen LogP contribution in [0.15, 0.2) is 60.8 Å². The second-order valence-corrected chi connectivity index (χ2v) is 11.7. The summed E-state index contributed by atoms with van der Waals surface area (Å²) >= 11 is 0. The fourth-order valence-corrected chi connectivity index (χ4v) is 6.07. The second kappa shape index (κ2) is 13.2. The second-order valence-electron chi connectivity index (χ2n) is 11.7. The summed E-state index contributed by atoms with van der Waals surface area (Å²) in [6.45, 7) is 2.48. The van der Waals surface area contributed by atoms with Gasteiger partial charge in [-0.15, -0.1) is 0 Å². The lowest BCUT2D eigenvalue weighted by Crippen LogP contribution is -2.54. The summed E-state index contributed by atoms with van der Waals surface area (Å²) in [5.74, 6) is -4.71. The van der Waals surface area contributed by atoms with Gasteiger partial charge >= 0.3 is 0 Å². The summed E-state index contributed by atoms with van der Waals surface area (Å²) in [4.78, 5) is 87.1. The average molecular weight is 614 g/mol. The fraction of sp³-hybridized carbons (Fsp3) is 0.375. The molecule has 2 fully saturated rings. The van der Waals surface area contributed by atoms with E-state index in [-0.39, 0.29) is 30.3 Å². The molecule has 3 heterocycles. The molecule has 1 spiro atoms. The van der Waals surface area contributed by atoms with E-state index in [1.54, 1.807) is 53.4 Å². The quantitative estimate of drug-likeness (QED) is 0.236. The number of nitrogens with two attached hydrogens (primary N) is 1. The molecular formula is C32H35N7O6. The number of benzene rings is 2. The Morgan fingerprint density at radius 2 is 1.64 bits per heavy atom. The average Bonchev–Trinajstić information content (AvgIpc) is 3.33. The lowest BCUT2D eigenvalue weighted by Gasteiger charge is -2.39. The number of hydrogen-bond donors (Lipinski definition) is 4. The third-order valence-electron chi connectivity index (χ3n) is 8.54. The van der Waals surface area contributed by atoms with E-state index in [1.165, 1.54) is 13.1 Å². The first-order valence-corrected chi connectivity index (χ1v) is 14.8. The number of ketones is 1. The number of primary amides is 1. The van der Waals surface area contributed by atoms with Gasteiger partial charge in [-0.25, -0.2) is 4.98 Å². The number of nitrogens with one attached hydrogen (secondary N) is 3. The van der Waals surface area contributed by atoms with Crippen molar-refractivity contribution >= 4 is 46.4 Å². The molecule has 5 rings (SSSR count). The SMILES string of the molecule is CC(=O)N1CCC2(CC1)CC(CC(NC(=O)[C@@H](Cc1ccccc1)NC(=O)c1cnc3ccccc3n1)C(=O)C(N)=O)C(=O)N2. The molecule has 45 heavy (non-hydrogen) atoms. The number of carbonyl (C=O) groups is 6. The summed E-state index contributed by atoms with van der Waals surface area (Å²) in [6.07, 6.45) is 2.71. The van der Waals surface area contributed by atoms with Crippen LogP contribution in [-0.4, -0.2) is 80.9 Å². The van der Waals surface area contributed by atoms with Gasteiger partial charge in [0.25, 0.3) is 11.8 Å². The van der Waals surface area contributed by atoms with E-state index in [9.17, 15) is 28.8 Å². The van der Waals surface area contributed by atoms with Crippen LogP contribution in [0.5, 0.6) is 0 Å². The predicted molar refractivity (Wildman–Crippen MR) is 162 cm³/mol. The van der Waals surface area contributed by atoms with E-state index >= 15 is 0 Å². The van der Waals surface area contributed by atoms with Gasteiger partial charge in [-0.2, -0.15) is 0 Å². The van der Waals surface area contributed by atoms with Gasteiger partial charge in [0.2, 0.25) is 23.5 Å².